The van der Waals surface area contributed by atoms with E-state index in [1.165, 1.54) is 37.7 Å². The van der Waals surface area contributed by atoms with Crippen molar-refractivity contribution < 1.29 is 5.11 Å². The number of aliphatic hydroxyl groups excluding tert-OH is 1. The third kappa shape index (κ3) is 5.09. The van der Waals surface area contributed by atoms with E-state index in [1.54, 1.807) is 5.57 Å². The number of allylic oxidation sites excluding steroid dienone is 5. The van der Waals surface area contributed by atoms with Crippen LogP contribution >= 0.6 is 0 Å². The Hall–Kier alpha value is -0.820. The van der Waals surface area contributed by atoms with Crippen LogP contribution in [0.15, 0.2) is 35.5 Å². The van der Waals surface area contributed by atoms with Gasteiger partial charge in [-0.25, -0.2) is 0 Å². The number of aliphatic hydroxyl groups is 1. The predicted molar refractivity (Wildman–Crippen MR) is 126 cm³/mol. The smallest absolute Gasteiger partial charge is 0.0577 e. The van der Waals surface area contributed by atoms with E-state index in [0.717, 1.165) is 37.0 Å². The molecule has 0 bridgehead atoms. The first-order valence-electron chi connectivity index (χ1n) is 12.5. The SMILES string of the molecule is CC(C)C(C)/C=C/[C@@H](C)[C@H]1CC[C@H]2/C(=C/C=C3/C[C@@H](O)CC[C@@H]3C)CCC[C@]12C. The Morgan fingerprint density at radius 1 is 0.966 bits per heavy atom. The van der Waals surface area contributed by atoms with Gasteiger partial charge >= 0.3 is 0 Å². The van der Waals surface area contributed by atoms with Gasteiger partial charge < -0.3 is 5.11 Å². The molecule has 0 aromatic carbocycles. The number of hydrogen-bond donors (Lipinski definition) is 1. The highest BCUT2D eigenvalue weighted by Gasteiger charge is 2.50. The Bertz CT molecular complexity index is 639. The minimum Gasteiger partial charge on any atom is -0.393 e. The summed E-state index contributed by atoms with van der Waals surface area (Å²) in [5.41, 5.74) is 3.63. The molecule has 0 heterocycles. The highest BCUT2D eigenvalue weighted by molar-refractivity contribution is 5.27. The van der Waals surface area contributed by atoms with Gasteiger partial charge in [-0.3, -0.25) is 0 Å². The summed E-state index contributed by atoms with van der Waals surface area (Å²) in [4.78, 5) is 0. The van der Waals surface area contributed by atoms with Crippen LogP contribution in [0.2, 0.25) is 0 Å². The van der Waals surface area contributed by atoms with Gasteiger partial charge in [0.15, 0.2) is 0 Å². The van der Waals surface area contributed by atoms with Gasteiger partial charge in [0.2, 0.25) is 0 Å². The lowest BCUT2D eigenvalue weighted by Gasteiger charge is -2.44. The molecule has 0 aromatic heterocycles. The molecule has 164 valence electrons. The lowest BCUT2D eigenvalue weighted by atomic mass is 9.61. The minimum atomic E-state index is -0.121. The van der Waals surface area contributed by atoms with Crippen LogP contribution in [-0.2, 0) is 0 Å². The molecule has 1 nitrogen and oxygen atoms in total. The van der Waals surface area contributed by atoms with E-state index < -0.39 is 0 Å². The standard InChI is InChI=1S/C28H46O/c1-19(2)20(3)9-10-22(5)26-15-16-27-23(8-7-17-28(26,27)6)12-13-24-18-25(29)14-11-21(24)4/h9-10,12-13,19-22,25-27,29H,7-8,11,14-18H2,1-6H3/b10-9+,23-12+,24-13-/t20?,21-,22+,25-,26+,27-,28+/m0/s1. The van der Waals surface area contributed by atoms with Crippen LogP contribution in [0.4, 0.5) is 0 Å². The van der Waals surface area contributed by atoms with Crippen molar-refractivity contribution in [3.63, 3.8) is 0 Å². The molecule has 0 spiro atoms. The molecule has 0 amide bonds. The van der Waals surface area contributed by atoms with E-state index in [1.807, 2.05) is 0 Å². The van der Waals surface area contributed by atoms with Crippen molar-refractivity contribution in [1.82, 2.24) is 0 Å². The van der Waals surface area contributed by atoms with Gasteiger partial charge in [-0.2, -0.15) is 0 Å². The fraction of sp³-hybridized carbons (Fsp3) is 0.786. The van der Waals surface area contributed by atoms with Crippen LogP contribution in [0.5, 0.6) is 0 Å². The summed E-state index contributed by atoms with van der Waals surface area (Å²) >= 11 is 0. The molecular weight excluding hydrogens is 352 g/mol. The fourth-order valence-corrected chi connectivity index (χ4v) is 6.50. The van der Waals surface area contributed by atoms with Gasteiger partial charge in [0.1, 0.15) is 0 Å². The Morgan fingerprint density at radius 2 is 1.69 bits per heavy atom. The first-order chi connectivity index (χ1) is 13.7. The summed E-state index contributed by atoms with van der Waals surface area (Å²) in [6.07, 6.45) is 19.5. The molecule has 29 heavy (non-hydrogen) atoms. The van der Waals surface area contributed by atoms with E-state index in [9.17, 15) is 5.11 Å². The van der Waals surface area contributed by atoms with Crippen molar-refractivity contribution in [2.24, 2.45) is 40.9 Å². The third-order valence-electron chi connectivity index (χ3n) is 8.99. The summed E-state index contributed by atoms with van der Waals surface area (Å²) in [6, 6.07) is 0. The first kappa shape index (κ1) is 22.9. The quantitative estimate of drug-likeness (QED) is 0.470. The van der Waals surface area contributed by atoms with Crippen LogP contribution < -0.4 is 0 Å². The Balaban J connectivity index is 1.74. The number of fused-ring (bicyclic) bond motifs is 1. The van der Waals surface area contributed by atoms with Gasteiger partial charge in [0.25, 0.3) is 0 Å². The van der Waals surface area contributed by atoms with Crippen molar-refractivity contribution in [3.05, 3.63) is 35.5 Å². The number of rotatable bonds is 5. The van der Waals surface area contributed by atoms with E-state index in [-0.39, 0.29) is 6.10 Å². The van der Waals surface area contributed by atoms with Crippen LogP contribution in [0.25, 0.3) is 0 Å². The maximum Gasteiger partial charge on any atom is 0.0577 e. The molecule has 3 fully saturated rings. The molecule has 1 heteroatoms. The van der Waals surface area contributed by atoms with Crippen LogP contribution in [-0.4, -0.2) is 11.2 Å². The van der Waals surface area contributed by atoms with Gasteiger partial charge in [-0.1, -0.05) is 77.0 Å². The molecular formula is C28H46O. The Kier molecular flexibility index (Phi) is 7.52. The van der Waals surface area contributed by atoms with Gasteiger partial charge in [0, 0.05) is 0 Å². The molecule has 3 aliphatic carbocycles. The van der Waals surface area contributed by atoms with Gasteiger partial charge in [-0.15, -0.1) is 0 Å². The van der Waals surface area contributed by atoms with Crippen LogP contribution in [0.3, 0.4) is 0 Å². The maximum atomic E-state index is 10.1. The summed E-state index contributed by atoms with van der Waals surface area (Å²) in [6.45, 7) is 14.4. The van der Waals surface area contributed by atoms with E-state index in [4.69, 9.17) is 0 Å². The third-order valence-corrected chi connectivity index (χ3v) is 8.99. The topological polar surface area (TPSA) is 20.2 Å². The zero-order valence-electron chi connectivity index (χ0n) is 20.0. The molecule has 1 unspecified atom stereocenters. The van der Waals surface area contributed by atoms with Crippen LogP contribution in [0.1, 0.15) is 92.9 Å². The Morgan fingerprint density at radius 3 is 2.41 bits per heavy atom. The van der Waals surface area contributed by atoms with E-state index in [2.05, 4.69) is 65.8 Å². The second kappa shape index (κ2) is 9.54. The summed E-state index contributed by atoms with van der Waals surface area (Å²) in [7, 11) is 0. The molecule has 3 saturated carbocycles. The van der Waals surface area contributed by atoms with Crippen molar-refractivity contribution >= 4 is 0 Å². The van der Waals surface area contributed by atoms with E-state index in [0.29, 0.717) is 23.2 Å². The molecule has 3 aliphatic rings. The zero-order chi connectivity index (χ0) is 21.2. The molecule has 0 saturated heterocycles. The average molecular weight is 399 g/mol. The van der Waals surface area contributed by atoms with Crippen molar-refractivity contribution in [3.8, 4) is 0 Å². The number of hydrogen-bond acceptors (Lipinski definition) is 1. The molecule has 0 aliphatic heterocycles. The van der Waals surface area contributed by atoms with Crippen molar-refractivity contribution in [2.75, 3.05) is 0 Å². The normalized spacial score (nSPS) is 40.7. The second-order valence-corrected chi connectivity index (χ2v) is 11.3. The molecule has 3 rings (SSSR count). The summed E-state index contributed by atoms with van der Waals surface area (Å²) in [5, 5.41) is 10.1. The summed E-state index contributed by atoms with van der Waals surface area (Å²) in [5.74, 6) is 4.29. The lowest BCUT2D eigenvalue weighted by molar-refractivity contribution is 0.112. The maximum absolute atomic E-state index is 10.1. The van der Waals surface area contributed by atoms with Crippen LogP contribution in [0, 0.1) is 40.9 Å². The van der Waals surface area contributed by atoms with E-state index >= 15 is 0 Å². The predicted octanol–water partition coefficient (Wildman–Crippen LogP) is 7.72. The molecule has 0 radical (unpaired) electrons. The fourth-order valence-electron chi connectivity index (χ4n) is 6.50. The van der Waals surface area contributed by atoms with Gasteiger partial charge in [-0.05, 0) is 92.3 Å². The highest BCUT2D eigenvalue weighted by atomic mass is 16.3. The zero-order valence-corrected chi connectivity index (χ0v) is 20.0. The molecule has 0 aromatic rings. The minimum absolute atomic E-state index is 0.121. The second-order valence-electron chi connectivity index (χ2n) is 11.3. The monoisotopic (exact) mass is 398 g/mol. The first-order valence-corrected chi connectivity index (χ1v) is 12.5. The Labute approximate surface area is 180 Å². The molecule has 1 N–H and O–H groups in total. The van der Waals surface area contributed by atoms with Crippen molar-refractivity contribution in [1.29, 1.82) is 0 Å². The highest BCUT2D eigenvalue weighted by Crippen LogP contribution is 2.59. The van der Waals surface area contributed by atoms with Crippen molar-refractivity contribution in [2.45, 2.75) is 99.0 Å². The average Bonchev–Trinajstić information content (AvgIpc) is 3.04. The largest absolute Gasteiger partial charge is 0.393 e. The van der Waals surface area contributed by atoms with Gasteiger partial charge in [0.05, 0.1) is 6.10 Å². The lowest BCUT2D eigenvalue weighted by Crippen LogP contribution is -2.35. The summed E-state index contributed by atoms with van der Waals surface area (Å²) < 4.78 is 0. The molecule has 7 atom stereocenters.